The van der Waals surface area contributed by atoms with Crippen LogP contribution in [0.25, 0.3) is 0 Å². The van der Waals surface area contributed by atoms with Crippen molar-refractivity contribution in [3.63, 3.8) is 0 Å². The average Bonchev–Trinajstić information content (AvgIpc) is 0.819. The molecule has 0 atom stereocenters. The predicted molar refractivity (Wildman–Crippen MR) is 407 cm³/mol. The van der Waals surface area contributed by atoms with Gasteiger partial charge in [-0.1, -0.05) is 352 Å². The van der Waals surface area contributed by atoms with Gasteiger partial charge in [0.2, 0.25) is 0 Å². The Morgan fingerprint density at radius 3 is 0.429 bits per heavy atom. The summed E-state index contributed by atoms with van der Waals surface area (Å²) in [6.07, 6.45) is -1.29. The number of rotatable bonds is 15. The Hall–Kier alpha value is -9.93. The minimum atomic E-state index is -1.53. The lowest BCUT2D eigenvalue weighted by Gasteiger charge is -2.44. The molecule has 0 bridgehead atoms. The van der Waals surface area contributed by atoms with Crippen molar-refractivity contribution in [3.8, 4) is 0 Å². The lowest BCUT2D eigenvalue weighted by molar-refractivity contribution is 1.48. The number of hydrogen-bond donors (Lipinski definition) is 0. The Bertz CT molecular complexity index is 3630. The largest absolute Gasteiger partial charge is 0.195 e. The van der Waals surface area contributed by atoms with E-state index < -0.39 is 26.8 Å². The maximum absolute atomic E-state index is 2.41. The highest BCUT2D eigenvalue weighted by atomic mass is 31.2. The molecule has 0 spiro atoms. The second kappa shape index (κ2) is 31.0. The maximum Gasteiger partial charge on any atom is 0.111 e. The van der Waals surface area contributed by atoms with Crippen molar-refractivity contribution in [1.82, 2.24) is 0 Å². The summed E-state index contributed by atoms with van der Waals surface area (Å²) < 4.78 is 0. The molecule has 91 heavy (non-hydrogen) atoms. The molecule has 0 radical (unpaired) electrons. The monoisotopic (exact) mass is 1210 g/mol. The molecule has 14 rings (SSSR count). The van der Waals surface area contributed by atoms with Crippen molar-refractivity contribution < 1.29 is 0 Å². The predicted octanol–water partition coefficient (Wildman–Crippen LogP) is 13.7. The van der Waals surface area contributed by atoms with E-state index in [0.29, 0.717) is 0 Å². The van der Waals surface area contributed by atoms with E-state index in [1.165, 1.54) is 75.5 Å². The first-order valence-electron chi connectivity index (χ1n) is 31.9. The van der Waals surface area contributed by atoms with Gasteiger partial charge in [0.25, 0.3) is 0 Å². The van der Waals surface area contributed by atoms with Crippen LogP contribution in [0.3, 0.4) is 0 Å². The van der Waals surface area contributed by atoms with Gasteiger partial charge in [-0.3, -0.25) is 0 Å². The molecule has 0 aliphatic carbocycles. The van der Waals surface area contributed by atoms with Crippen LogP contribution in [-0.4, -0.2) is 25.1 Å². The van der Waals surface area contributed by atoms with Crippen LogP contribution in [0.2, 0.25) is 0 Å². The van der Waals surface area contributed by atoms with Gasteiger partial charge in [0.05, 0.1) is 12.8 Å². The van der Waals surface area contributed by atoms with Gasteiger partial charge in [0, 0.05) is 0 Å². The number of hydrogen-bond acceptors (Lipinski definition) is 0. The highest BCUT2D eigenvalue weighted by molar-refractivity contribution is 7.96. The standard InChI is InChI=1S/2C24H20B.C20H20P.C19H18P/c2*1-5-13-21(14-6-1)25(22-15-7-2-8-16-22,23-17-9-3-10-18-23)24-19-11-4-12-20-24;1-2-21(18-12-6-3-7-13-18,19-14-8-4-9-15-19)20-16-10-5-11-17-20;1-20(17-11-5-2-6-12-17,18-13-7-3-8-14-18)19-15-9-4-10-16-19/h2*1-20H;3-17H,2H2,1H3;2-16H,1H3/q2*-1;2*+1. The zero-order valence-electron chi connectivity index (χ0n) is 52.2. The van der Waals surface area contributed by atoms with Gasteiger partial charge in [0.15, 0.2) is 0 Å². The van der Waals surface area contributed by atoms with Crippen LogP contribution in [0.15, 0.2) is 425 Å². The van der Waals surface area contributed by atoms with Gasteiger partial charge >= 0.3 is 0 Å². The van der Waals surface area contributed by atoms with Crippen molar-refractivity contribution in [2.45, 2.75) is 6.92 Å². The van der Waals surface area contributed by atoms with Crippen LogP contribution in [0.5, 0.6) is 0 Å². The second-order valence-corrected chi connectivity index (χ2v) is 30.5. The summed E-state index contributed by atoms with van der Waals surface area (Å²) in [6, 6.07) is 153. The molecule has 0 N–H and O–H groups in total. The molecule has 0 amide bonds. The topological polar surface area (TPSA) is 0 Å². The van der Waals surface area contributed by atoms with E-state index in [4.69, 9.17) is 0 Å². The maximum atomic E-state index is 2.41. The molecule has 0 saturated heterocycles. The van der Waals surface area contributed by atoms with E-state index in [-0.39, 0.29) is 0 Å². The summed E-state index contributed by atoms with van der Waals surface area (Å²) in [5.41, 5.74) is 10.7. The number of benzene rings is 14. The molecule has 0 unspecified atom stereocenters. The summed E-state index contributed by atoms with van der Waals surface area (Å²) in [6.45, 7) is 4.73. The molecule has 0 nitrogen and oxygen atoms in total. The fourth-order valence-corrected chi connectivity index (χ4v) is 21.1. The van der Waals surface area contributed by atoms with Crippen molar-refractivity contribution in [1.29, 1.82) is 0 Å². The zero-order chi connectivity index (χ0) is 62.3. The van der Waals surface area contributed by atoms with Crippen molar-refractivity contribution in [2.75, 3.05) is 12.8 Å². The average molecular weight is 1210 g/mol. The Morgan fingerprint density at radius 2 is 0.297 bits per heavy atom. The normalized spacial score (nSPS) is 11.2. The zero-order valence-corrected chi connectivity index (χ0v) is 54.0. The van der Waals surface area contributed by atoms with Crippen molar-refractivity contribution >= 4 is 102 Å². The fourth-order valence-electron chi connectivity index (χ4n) is 13.9. The minimum absolute atomic E-state index is 1.14. The third-order valence-electron chi connectivity index (χ3n) is 18.3. The first-order valence-corrected chi connectivity index (χ1v) is 36.1. The Labute approximate surface area is 543 Å². The van der Waals surface area contributed by atoms with E-state index in [0.717, 1.165) is 6.16 Å². The highest BCUT2D eigenvalue weighted by Gasteiger charge is 2.43. The van der Waals surface area contributed by atoms with E-state index in [1.54, 1.807) is 0 Å². The second-order valence-electron chi connectivity index (χ2n) is 23.2. The van der Waals surface area contributed by atoms with Crippen LogP contribution >= 0.6 is 14.5 Å². The Kier molecular flexibility index (Phi) is 21.4. The van der Waals surface area contributed by atoms with Crippen molar-refractivity contribution in [3.05, 3.63) is 425 Å². The van der Waals surface area contributed by atoms with Crippen LogP contribution in [0.4, 0.5) is 0 Å². The third kappa shape index (κ3) is 13.7. The lowest BCUT2D eigenvalue weighted by Crippen LogP contribution is -2.74. The Morgan fingerprint density at radius 1 is 0.176 bits per heavy atom. The molecule has 4 heteroatoms. The fraction of sp³-hybridized carbons (Fsp3) is 0.0345. The molecule has 442 valence electrons. The third-order valence-corrected chi connectivity index (χ3v) is 26.8. The molecule has 14 aromatic rings. The van der Waals surface area contributed by atoms with Crippen LogP contribution in [0, 0.1) is 0 Å². The van der Waals surface area contributed by atoms with Crippen LogP contribution in [-0.2, 0) is 0 Å². The van der Waals surface area contributed by atoms with Crippen molar-refractivity contribution in [2.24, 2.45) is 0 Å². The highest BCUT2D eigenvalue weighted by Crippen LogP contribution is 2.55. The van der Waals surface area contributed by atoms with Crippen LogP contribution < -0.4 is 75.5 Å². The molecule has 0 saturated carbocycles. The van der Waals surface area contributed by atoms with Gasteiger partial charge in [-0.15, -0.1) is 0 Å². The summed E-state index contributed by atoms with van der Waals surface area (Å²) in [5.74, 6) is 0. The molecule has 14 aromatic carbocycles. The molecular weight excluding hydrogens is 1130 g/mol. The van der Waals surface area contributed by atoms with Crippen LogP contribution in [0.1, 0.15) is 6.92 Å². The van der Waals surface area contributed by atoms with E-state index in [2.05, 4.69) is 438 Å². The minimum Gasteiger partial charge on any atom is -0.195 e. The first kappa shape index (κ1) is 62.7. The quantitative estimate of drug-likeness (QED) is 0.0709. The first-order chi connectivity index (χ1) is 45.0. The summed E-state index contributed by atoms with van der Waals surface area (Å²) in [5, 5.41) is 8.67. The SMILES string of the molecule is CC[P+](c1ccccc1)(c1ccccc1)c1ccccc1.C[P+](c1ccccc1)(c1ccccc1)c1ccccc1.c1ccc([B-](c2ccccc2)(c2ccccc2)c2ccccc2)cc1.c1ccc([B-](c2ccccc2)(c2ccccc2)c2ccccc2)cc1. The molecule has 0 heterocycles. The lowest BCUT2D eigenvalue weighted by atomic mass is 9.13. The molecule has 0 aliphatic heterocycles. The summed E-state index contributed by atoms with van der Waals surface area (Å²) in [7, 11) is -3.06. The summed E-state index contributed by atoms with van der Waals surface area (Å²) >= 11 is 0. The van der Waals surface area contributed by atoms with Gasteiger partial charge in [-0.25, -0.2) is 0 Å². The Balaban J connectivity index is 0.000000125. The molecular formula is C87H78B2P2. The molecule has 0 fully saturated rings. The van der Waals surface area contributed by atoms with E-state index in [9.17, 15) is 0 Å². The molecule has 0 aromatic heterocycles. The van der Waals surface area contributed by atoms with E-state index in [1.807, 2.05) is 0 Å². The van der Waals surface area contributed by atoms with Gasteiger partial charge < -0.3 is 0 Å². The van der Waals surface area contributed by atoms with Gasteiger partial charge in [-0.2, -0.15) is 43.7 Å². The van der Waals surface area contributed by atoms with Gasteiger partial charge in [-0.05, 0) is 79.7 Å². The summed E-state index contributed by atoms with van der Waals surface area (Å²) in [4.78, 5) is 0. The van der Waals surface area contributed by atoms with Gasteiger partial charge in [0.1, 0.15) is 58.6 Å². The molecule has 0 aliphatic rings. The smallest absolute Gasteiger partial charge is 0.111 e. The van der Waals surface area contributed by atoms with E-state index >= 15 is 0 Å².